The van der Waals surface area contributed by atoms with Crippen LogP contribution in [0.15, 0.2) is 54.9 Å². The van der Waals surface area contributed by atoms with E-state index in [-0.39, 0.29) is 17.5 Å². The molecule has 4 aromatic rings. The molecule has 0 aliphatic carbocycles. The Hall–Kier alpha value is -3.43. The van der Waals surface area contributed by atoms with Gasteiger partial charge in [0.15, 0.2) is 5.65 Å². The van der Waals surface area contributed by atoms with Gasteiger partial charge in [0, 0.05) is 11.8 Å². The van der Waals surface area contributed by atoms with Gasteiger partial charge >= 0.3 is 6.18 Å². The van der Waals surface area contributed by atoms with Crippen molar-refractivity contribution in [3.05, 3.63) is 71.8 Å². The number of benzene rings is 1. The minimum atomic E-state index is -4.63. The van der Waals surface area contributed by atoms with Gasteiger partial charge in [-0.05, 0) is 24.6 Å². The molecule has 1 unspecified atom stereocenters. The molecule has 0 spiro atoms. The largest absolute Gasteiger partial charge is 0.453 e. The first-order valence-corrected chi connectivity index (χ1v) is 8.52. The SMILES string of the molecule is CC(Nc1ccc2nnc(C(F)(F)F)n2n1)c1cnn(Cc2ccccc2)c1. The summed E-state index contributed by atoms with van der Waals surface area (Å²) in [7, 11) is 0. The van der Waals surface area contributed by atoms with E-state index in [2.05, 4.69) is 25.7 Å². The molecule has 0 radical (unpaired) electrons. The molecule has 28 heavy (non-hydrogen) atoms. The molecule has 0 aliphatic rings. The third-order valence-corrected chi connectivity index (χ3v) is 4.22. The Morgan fingerprint density at radius 1 is 1.07 bits per heavy atom. The lowest BCUT2D eigenvalue weighted by molar-refractivity contribution is -0.146. The number of hydrogen-bond acceptors (Lipinski definition) is 5. The topological polar surface area (TPSA) is 72.9 Å². The van der Waals surface area contributed by atoms with Gasteiger partial charge in [-0.15, -0.1) is 15.3 Å². The summed E-state index contributed by atoms with van der Waals surface area (Å²) in [5.74, 6) is -0.879. The molecule has 1 atom stereocenters. The number of nitrogens with one attached hydrogen (secondary N) is 1. The van der Waals surface area contributed by atoms with Gasteiger partial charge in [-0.2, -0.15) is 22.8 Å². The van der Waals surface area contributed by atoms with Crippen molar-refractivity contribution in [2.45, 2.75) is 25.7 Å². The molecule has 1 aromatic carbocycles. The number of hydrogen-bond donors (Lipinski definition) is 1. The van der Waals surface area contributed by atoms with Crippen LogP contribution in [0.1, 0.15) is 29.9 Å². The van der Waals surface area contributed by atoms with Crippen molar-refractivity contribution < 1.29 is 13.2 Å². The minimum absolute atomic E-state index is 0.0289. The molecule has 144 valence electrons. The Kier molecular flexibility index (Phi) is 4.46. The quantitative estimate of drug-likeness (QED) is 0.567. The molecule has 4 rings (SSSR count). The Labute approximate surface area is 157 Å². The number of anilines is 1. The maximum atomic E-state index is 13.0. The van der Waals surface area contributed by atoms with Crippen LogP contribution in [0.5, 0.6) is 0 Å². The smallest absolute Gasteiger partial charge is 0.362 e. The average Bonchev–Trinajstić information content (AvgIpc) is 3.29. The number of rotatable bonds is 5. The molecule has 7 nitrogen and oxygen atoms in total. The summed E-state index contributed by atoms with van der Waals surface area (Å²) < 4.78 is 41.5. The molecular formula is C18H16F3N7. The number of fused-ring (bicyclic) bond motifs is 1. The number of halogens is 3. The second kappa shape index (κ2) is 6.95. The van der Waals surface area contributed by atoms with Crippen molar-refractivity contribution in [2.24, 2.45) is 0 Å². The van der Waals surface area contributed by atoms with E-state index in [0.717, 1.165) is 11.1 Å². The molecule has 0 aliphatic heterocycles. The van der Waals surface area contributed by atoms with Gasteiger partial charge < -0.3 is 5.32 Å². The van der Waals surface area contributed by atoms with E-state index in [4.69, 9.17) is 0 Å². The lowest BCUT2D eigenvalue weighted by Crippen LogP contribution is -2.14. The maximum Gasteiger partial charge on any atom is 0.453 e. The molecule has 0 bridgehead atoms. The van der Waals surface area contributed by atoms with E-state index in [0.29, 0.717) is 11.1 Å². The molecule has 0 amide bonds. The summed E-state index contributed by atoms with van der Waals surface area (Å²) in [6.45, 7) is 2.51. The van der Waals surface area contributed by atoms with Crippen LogP contribution in [0.3, 0.4) is 0 Å². The second-order valence-electron chi connectivity index (χ2n) is 6.33. The molecule has 10 heteroatoms. The normalized spacial score (nSPS) is 13.0. The molecule has 0 saturated carbocycles. The Balaban J connectivity index is 1.51. The summed E-state index contributed by atoms with van der Waals surface area (Å²) in [5.41, 5.74) is 2.04. The van der Waals surface area contributed by atoms with Gasteiger partial charge in [0.1, 0.15) is 5.82 Å². The van der Waals surface area contributed by atoms with Crippen molar-refractivity contribution in [1.29, 1.82) is 0 Å². The number of nitrogens with zero attached hydrogens (tertiary/aromatic N) is 6. The zero-order valence-corrected chi connectivity index (χ0v) is 14.8. The van der Waals surface area contributed by atoms with Crippen LogP contribution in [0.2, 0.25) is 0 Å². The van der Waals surface area contributed by atoms with Gasteiger partial charge in [-0.1, -0.05) is 30.3 Å². The first-order chi connectivity index (χ1) is 13.4. The Morgan fingerprint density at radius 2 is 1.86 bits per heavy atom. The van der Waals surface area contributed by atoms with Crippen LogP contribution in [0, 0.1) is 0 Å². The zero-order chi connectivity index (χ0) is 19.7. The lowest BCUT2D eigenvalue weighted by atomic mass is 10.2. The van der Waals surface area contributed by atoms with Crippen molar-refractivity contribution in [3.8, 4) is 0 Å². The first kappa shape index (κ1) is 18.0. The summed E-state index contributed by atoms with van der Waals surface area (Å²) in [6.07, 6.45) is -1.02. The van der Waals surface area contributed by atoms with Crippen LogP contribution in [0.4, 0.5) is 19.0 Å². The zero-order valence-electron chi connectivity index (χ0n) is 14.8. The van der Waals surface area contributed by atoms with E-state index < -0.39 is 12.0 Å². The molecule has 0 fully saturated rings. The summed E-state index contributed by atoms with van der Waals surface area (Å²) in [6, 6.07) is 12.7. The van der Waals surface area contributed by atoms with Gasteiger partial charge in [0.05, 0.1) is 18.8 Å². The maximum absolute atomic E-state index is 13.0. The van der Waals surface area contributed by atoms with Crippen LogP contribution in [0.25, 0.3) is 5.65 Å². The van der Waals surface area contributed by atoms with Crippen LogP contribution in [-0.2, 0) is 12.7 Å². The minimum Gasteiger partial charge on any atom is -0.362 e. The predicted octanol–water partition coefficient (Wildman–Crippen LogP) is 3.56. The van der Waals surface area contributed by atoms with E-state index in [1.165, 1.54) is 6.07 Å². The molecule has 3 heterocycles. The molecule has 1 N–H and O–H groups in total. The fourth-order valence-corrected chi connectivity index (χ4v) is 2.81. The van der Waals surface area contributed by atoms with Crippen molar-refractivity contribution >= 4 is 11.5 Å². The predicted molar refractivity (Wildman–Crippen MR) is 95.6 cm³/mol. The summed E-state index contributed by atoms with van der Waals surface area (Å²) >= 11 is 0. The average molecular weight is 387 g/mol. The van der Waals surface area contributed by atoms with Crippen LogP contribution >= 0.6 is 0 Å². The van der Waals surface area contributed by atoms with Crippen molar-refractivity contribution in [1.82, 2.24) is 29.6 Å². The number of alkyl halides is 3. The second-order valence-corrected chi connectivity index (χ2v) is 6.33. The third kappa shape index (κ3) is 3.66. The van der Waals surface area contributed by atoms with E-state index in [1.807, 2.05) is 43.5 Å². The Bertz CT molecular complexity index is 1090. The van der Waals surface area contributed by atoms with Gasteiger partial charge in [0.2, 0.25) is 0 Å². The van der Waals surface area contributed by atoms with Crippen molar-refractivity contribution in [3.63, 3.8) is 0 Å². The first-order valence-electron chi connectivity index (χ1n) is 8.52. The van der Waals surface area contributed by atoms with E-state index in [9.17, 15) is 13.2 Å². The molecular weight excluding hydrogens is 371 g/mol. The fourth-order valence-electron chi connectivity index (χ4n) is 2.81. The lowest BCUT2D eigenvalue weighted by Gasteiger charge is -2.13. The van der Waals surface area contributed by atoms with E-state index >= 15 is 0 Å². The standard InChI is InChI=1S/C18H16F3N7/c1-12(14-9-22-27(11-14)10-13-5-3-2-4-6-13)23-15-7-8-16-24-25-17(18(19,20)21)28(16)26-15/h2-9,11-12H,10H2,1H3,(H,23,26). The van der Waals surface area contributed by atoms with Gasteiger partial charge in [-0.3, -0.25) is 4.68 Å². The van der Waals surface area contributed by atoms with Crippen LogP contribution in [-0.4, -0.2) is 29.6 Å². The highest BCUT2D eigenvalue weighted by atomic mass is 19.4. The van der Waals surface area contributed by atoms with Crippen molar-refractivity contribution in [2.75, 3.05) is 5.32 Å². The monoisotopic (exact) mass is 387 g/mol. The Morgan fingerprint density at radius 3 is 2.61 bits per heavy atom. The van der Waals surface area contributed by atoms with Crippen LogP contribution < -0.4 is 5.32 Å². The molecule has 3 aromatic heterocycles. The summed E-state index contributed by atoms with van der Waals surface area (Å²) in [5, 5.41) is 18.1. The van der Waals surface area contributed by atoms with Gasteiger partial charge in [0.25, 0.3) is 5.82 Å². The highest BCUT2D eigenvalue weighted by molar-refractivity contribution is 5.45. The number of aromatic nitrogens is 6. The summed E-state index contributed by atoms with van der Waals surface area (Å²) in [4.78, 5) is 0. The third-order valence-electron chi connectivity index (χ3n) is 4.22. The highest BCUT2D eigenvalue weighted by Gasteiger charge is 2.37. The van der Waals surface area contributed by atoms with E-state index in [1.54, 1.807) is 16.9 Å². The fraction of sp³-hybridized carbons (Fsp3) is 0.222. The molecule has 0 saturated heterocycles. The highest BCUT2D eigenvalue weighted by Crippen LogP contribution is 2.28. The van der Waals surface area contributed by atoms with Gasteiger partial charge in [-0.25, -0.2) is 0 Å².